The molecule has 0 spiro atoms. The molecule has 1 heterocycles. The van der Waals surface area contributed by atoms with Crippen molar-refractivity contribution in [1.29, 1.82) is 0 Å². The molecule has 6 heteroatoms. The van der Waals surface area contributed by atoms with Crippen molar-refractivity contribution in [2.75, 3.05) is 11.9 Å². The van der Waals surface area contributed by atoms with Gasteiger partial charge in [-0.3, -0.25) is 10.1 Å². The molecule has 0 aromatic carbocycles. The number of nitrogens with zero attached hydrogens (tertiary/aromatic N) is 3. The summed E-state index contributed by atoms with van der Waals surface area (Å²) < 4.78 is 6.67. The minimum absolute atomic E-state index is 0.215. The molecule has 6 nitrogen and oxygen atoms in total. The van der Waals surface area contributed by atoms with Crippen molar-refractivity contribution in [2.45, 2.75) is 26.9 Å². The first kappa shape index (κ1) is 11.6. The Balaban J connectivity index is 2.62. The number of carbonyl (C=O) groups excluding carboxylic acids is 1. The van der Waals surface area contributed by atoms with Crippen molar-refractivity contribution >= 4 is 11.9 Å². The number of aryl methyl sites for hydroxylation is 2. The highest BCUT2D eigenvalue weighted by Gasteiger charge is 2.15. The molecule has 1 atom stereocenters. The zero-order valence-electron chi connectivity index (χ0n) is 9.44. The lowest BCUT2D eigenvalue weighted by Crippen LogP contribution is -2.28. The molecule has 1 rings (SSSR count). The maximum Gasteiger partial charge on any atom is 0.255 e. The SMILES string of the molecule is CCO[C@H](C)C(=O)Nc1nc(C)nn1C. The van der Waals surface area contributed by atoms with Crippen molar-refractivity contribution < 1.29 is 9.53 Å². The van der Waals surface area contributed by atoms with Crippen molar-refractivity contribution in [3.8, 4) is 0 Å². The summed E-state index contributed by atoms with van der Waals surface area (Å²) in [6.45, 7) is 5.81. The fraction of sp³-hybridized carbons (Fsp3) is 0.667. The molecular weight excluding hydrogens is 196 g/mol. The van der Waals surface area contributed by atoms with Crippen LogP contribution >= 0.6 is 0 Å². The van der Waals surface area contributed by atoms with Gasteiger partial charge in [-0.25, -0.2) is 4.68 Å². The Morgan fingerprint density at radius 3 is 2.80 bits per heavy atom. The molecule has 1 amide bonds. The van der Waals surface area contributed by atoms with E-state index in [0.29, 0.717) is 18.4 Å². The zero-order chi connectivity index (χ0) is 11.4. The van der Waals surface area contributed by atoms with Gasteiger partial charge < -0.3 is 4.74 Å². The molecule has 1 aromatic heterocycles. The third-order valence-corrected chi connectivity index (χ3v) is 1.89. The number of hydrogen-bond acceptors (Lipinski definition) is 4. The van der Waals surface area contributed by atoms with E-state index in [1.165, 1.54) is 4.68 Å². The molecule has 0 radical (unpaired) electrons. The van der Waals surface area contributed by atoms with Crippen LogP contribution in [-0.2, 0) is 16.6 Å². The van der Waals surface area contributed by atoms with E-state index in [4.69, 9.17) is 4.74 Å². The molecule has 84 valence electrons. The minimum atomic E-state index is -0.480. The standard InChI is InChI=1S/C9H16N4O2/c1-5-15-6(2)8(14)11-9-10-7(3)12-13(9)4/h6H,5H2,1-4H3,(H,10,11,12,14)/t6-/m1/s1. The lowest BCUT2D eigenvalue weighted by atomic mass is 10.4. The van der Waals surface area contributed by atoms with E-state index in [0.717, 1.165) is 0 Å². The highest BCUT2D eigenvalue weighted by atomic mass is 16.5. The van der Waals surface area contributed by atoms with Gasteiger partial charge in [0.2, 0.25) is 5.95 Å². The fourth-order valence-corrected chi connectivity index (χ4v) is 1.16. The molecule has 0 saturated heterocycles. The quantitative estimate of drug-likeness (QED) is 0.788. The summed E-state index contributed by atoms with van der Waals surface area (Å²) in [6, 6.07) is 0. The second-order valence-corrected chi connectivity index (χ2v) is 3.19. The number of ether oxygens (including phenoxy) is 1. The van der Waals surface area contributed by atoms with Crippen LogP contribution in [-0.4, -0.2) is 33.4 Å². The Hall–Kier alpha value is -1.43. The molecule has 0 aliphatic carbocycles. The number of rotatable bonds is 4. The molecule has 1 aromatic rings. The van der Waals surface area contributed by atoms with E-state index in [2.05, 4.69) is 15.4 Å². The Kier molecular flexibility index (Phi) is 3.79. The Morgan fingerprint density at radius 1 is 1.67 bits per heavy atom. The summed E-state index contributed by atoms with van der Waals surface area (Å²) in [4.78, 5) is 15.6. The topological polar surface area (TPSA) is 69.0 Å². The van der Waals surface area contributed by atoms with Gasteiger partial charge in [-0.1, -0.05) is 0 Å². The smallest absolute Gasteiger partial charge is 0.255 e. The van der Waals surface area contributed by atoms with E-state index in [1.54, 1.807) is 20.9 Å². The molecule has 0 aliphatic heterocycles. The van der Waals surface area contributed by atoms with Gasteiger partial charge >= 0.3 is 0 Å². The van der Waals surface area contributed by atoms with Gasteiger partial charge in [-0.05, 0) is 20.8 Å². The van der Waals surface area contributed by atoms with Crippen LogP contribution in [0.1, 0.15) is 19.7 Å². The van der Waals surface area contributed by atoms with Gasteiger partial charge in [0.1, 0.15) is 11.9 Å². The highest BCUT2D eigenvalue weighted by molar-refractivity contribution is 5.92. The zero-order valence-corrected chi connectivity index (χ0v) is 9.44. The first-order chi connectivity index (χ1) is 7.04. The summed E-state index contributed by atoms with van der Waals surface area (Å²) in [6.07, 6.45) is -0.480. The number of hydrogen-bond donors (Lipinski definition) is 1. The molecule has 0 saturated carbocycles. The molecule has 15 heavy (non-hydrogen) atoms. The minimum Gasteiger partial charge on any atom is -0.369 e. The molecule has 0 bridgehead atoms. The van der Waals surface area contributed by atoms with Gasteiger partial charge in [0.05, 0.1) is 0 Å². The number of carbonyl (C=O) groups is 1. The monoisotopic (exact) mass is 212 g/mol. The molecule has 0 fully saturated rings. The Labute approximate surface area is 88.6 Å². The molecule has 1 N–H and O–H groups in total. The van der Waals surface area contributed by atoms with Crippen molar-refractivity contribution in [3.05, 3.63) is 5.82 Å². The number of nitrogens with one attached hydrogen (secondary N) is 1. The van der Waals surface area contributed by atoms with Gasteiger partial charge in [-0.15, -0.1) is 0 Å². The lowest BCUT2D eigenvalue weighted by molar-refractivity contribution is -0.126. The second kappa shape index (κ2) is 4.88. The van der Waals surface area contributed by atoms with E-state index in [-0.39, 0.29) is 5.91 Å². The van der Waals surface area contributed by atoms with Crippen LogP contribution in [0.2, 0.25) is 0 Å². The average Bonchev–Trinajstić information content (AvgIpc) is 2.45. The first-order valence-electron chi connectivity index (χ1n) is 4.84. The van der Waals surface area contributed by atoms with E-state index in [9.17, 15) is 4.79 Å². The van der Waals surface area contributed by atoms with E-state index < -0.39 is 6.10 Å². The maximum absolute atomic E-state index is 11.5. The Bertz CT molecular complexity index is 348. The number of aromatic nitrogens is 3. The third-order valence-electron chi connectivity index (χ3n) is 1.89. The molecular formula is C9H16N4O2. The fourth-order valence-electron chi connectivity index (χ4n) is 1.16. The van der Waals surface area contributed by atoms with Crippen molar-refractivity contribution in [2.24, 2.45) is 7.05 Å². The average molecular weight is 212 g/mol. The van der Waals surface area contributed by atoms with Crippen molar-refractivity contribution in [1.82, 2.24) is 14.8 Å². The summed E-state index contributed by atoms with van der Waals surface area (Å²) >= 11 is 0. The van der Waals surface area contributed by atoms with Crippen LogP contribution in [0.15, 0.2) is 0 Å². The summed E-state index contributed by atoms with van der Waals surface area (Å²) in [5.74, 6) is 0.841. The lowest BCUT2D eigenvalue weighted by Gasteiger charge is -2.10. The maximum atomic E-state index is 11.5. The molecule has 0 aliphatic rings. The van der Waals surface area contributed by atoms with Gasteiger partial charge in [0.15, 0.2) is 0 Å². The summed E-state index contributed by atoms with van der Waals surface area (Å²) in [7, 11) is 1.72. The van der Waals surface area contributed by atoms with Crippen LogP contribution in [0, 0.1) is 6.92 Å². The van der Waals surface area contributed by atoms with Gasteiger partial charge in [0.25, 0.3) is 5.91 Å². The largest absolute Gasteiger partial charge is 0.369 e. The predicted octanol–water partition coefficient (Wildman–Crippen LogP) is 0.487. The third kappa shape index (κ3) is 3.02. The van der Waals surface area contributed by atoms with E-state index >= 15 is 0 Å². The van der Waals surface area contributed by atoms with Crippen LogP contribution in [0.5, 0.6) is 0 Å². The highest BCUT2D eigenvalue weighted by Crippen LogP contribution is 2.03. The van der Waals surface area contributed by atoms with Gasteiger partial charge in [-0.2, -0.15) is 10.1 Å². The first-order valence-corrected chi connectivity index (χ1v) is 4.84. The second-order valence-electron chi connectivity index (χ2n) is 3.19. The number of amides is 1. The van der Waals surface area contributed by atoms with Crippen LogP contribution in [0.25, 0.3) is 0 Å². The Morgan fingerprint density at radius 2 is 2.33 bits per heavy atom. The van der Waals surface area contributed by atoms with E-state index in [1.807, 2.05) is 6.92 Å². The van der Waals surface area contributed by atoms with Crippen LogP contribution in [0.3, 0.4) is 0 Å². The normalized spacial score (nSPS) is 12.5. The molecule has 0 unspecified atom stereocenters. The summed E-state index contributed by atoms with van der Waals surface area (Å²) in [5.41, 5.74) is 0. The number of anilines is 1. The van der Waals surface area contributed by atoms with Crippen LogP contribution < -0.4 is 5.32 Å². The predicted molar refractivity (Wildman–Crippen MR) is 55.5 cm³/mol. The van der Waals surface area contributed by atoms with Crippen molar-refractivity contribution in [3.63, 3.8) is 0 Å². The van der Waals surface area contributed by atoms with Gasteiger partial charge in [0, 0.05) is 13.7 Å². The van der Waals surface area contributed by atoms with Crippen LogP contribution in [0.4, 0.5) is 5.95 Å². The summed E-state index contributed by atoms with van der Waals surface area (Å²) in [5, 5.41) is 6.66.